The maximum absolute atomic E-state index is 14.0. The quantitative estimate of drug-likeness (QED) is 0.0310. The number of imide groups is 1. The lowest BCUT2D eigenvalue weighted by Gasteiger charge is -2.39. The molecule has 2 aliphatic heterocycles. The summed E-state index contributed by atoms with van der Waals surface area (Å²) in [7, 11) is 8.00. The number of urea groups is 1. The molecule has 6 N–H and O–H groups in total. The lowest BCUT2D eigenvalue weighted by Crippen LogP contribution is -2.52. The molecule has 2 aromatic rings. The van der Waals surface area contributed by atoms with Gasteiger partial charge in [0.05, 0.1) is 42.3 Å². The highest BCUT2D eigenvalue weighted by Gasteiger charge is 2.42. The van der Waals surface area contributed by atoms with Crippen molar-refractivity contribution in [3.05, 3.63) is 77.9 Å². The van der Waals surface area contributed by atoms with Crippen molar-refractivity contribution < 1.29 is 76.9 Å². The Labute approximate surface area is 580 Å². The van der Waals surface area contributed by atoms with Gasteiger partial charge in [-0.25, -0.2) is 14.4 Å². The summed E-state index contributed by atoms with van der Waals surface area (Å²) in [5.74, 6) is -6.01. The van der Waals surface area contributed by atoms with Crippen LogP contribution in [0.3, 0.4) is 0 Å². The van der Waals surface area contributed by atoms with Crippen molar-refractivity contribution in [1.29, 1.82) is 0 Å². The van der Waals surface area contributed by atoms with E-state index in [2.05, 4.69) is 29.8 Å². The van der Waals surface area contributed by atoms with Gasteiger partial charge in [-0.2, -0.15) is 0 Å². The van der Waals surface area contributed by atoms with Crippen molar-refractivity contribution in [2.24, 2.45) is 47.2 Å². The number of nitrogens with zero attached hydrogens (tertiary/aromatic N) is 5. The Morgan fingerprint density at radius 2 is 1.31 bits per heavy atom. The predicted molar refractivity (Wildman–Crippen MR) is 372 cm³/mol. The van der Waals surface area contributed by atoms with E-state index in [1.807, 2.05) is 85.7 Å². The Hall–Kier alpha value is -8.06. The van der Waals surface area contributed by atoms with Gasteiger partial charge in [0.15, 0.2) is 11.6 Å². The minimum absolute atomic E-state index is 0.0460. The zero-order chi connectivity index (χ0) is 73.7. The van der Waals surface area contributed by atoms with Crippen LogP contribution in [-0.2, 0) is 75.2 Å². The first-order chi connectivity index (χ1) is 46.3. The number of benzene rings is 2. The number of ketones is 2. The van der Waals surface area contributed by atoms with Gasteiger partial charge in [0.1, 0.15) is 12.6 Å². The number of hydrogen-bond acceptors (Lipinski definition) is 15. The molecule has 1 saturated heterocycles. The fourth-order valence-corrected chi connectivity index (χ4v) is 13.1. The van der Waals surface area contributed by atoms with Gasteiger partial charge >= 0.3 is 18.1 Å². The minimum Gasteiger partial charge on any atom is -0.480 e. The van der Waals surface area contributed by atoms with Crippen LogP contribution in [0.15, 0.2) is 66.7 Å². The zero-order valence-corrected chi connectivity index (χ0v) is 60.8. The molecule has 546 valence electrons. The highest BCUT2D eigenvalue weighted by Crippen LogP contribution is 2.30. The molecule has 0 radical (unpaired) electrons. The lowest BCUT2D eigenvalue weighted by atomic mass is 9.84. The third kappa shape index (κ3) is 25.7. The van der Waals surface area contributed by atoms with E-state index >= 15 is 0 Å². The summed E-state index contributed by atoms with van der Waals surface area (Å²) in [6.45, 7) is 21.8. The molecule has 0 saturated carbocycles. The molecule has 4 rings (SSSR count). The summed E-state index contributed by atoms with van der Waals surface area (Å²) in [4.78, 5) is 161. The molecule has 0 spiro atoms. The molecule has 0 aliphatic carbocycles. The van der Waals surface area contributed by atoms with Gasteiger partial charge in [-0.3, -0.25) is 48.1 Å². The molecule has 0 unspecified atom stereocenters. The SMILES string of the molecule is CCC(=O)N1CCC[C@H]1[C@H](OC)[C@@H](C)C(=O)N[C@@H](Cc1ccccc1)C(=O)O.CC[C@H](C)[C@@H]([C@@H](C)OC)N(C)C(=O)[C@@H](CC(=O)[C@H](C(C)C)N(C)C(=O)OCc1ccc(NC(=O)[C@H](CCCNC(N)=O)CC(=O)[C@H](C(C)C)N(C)C(=O)CCCCCN2C(=O)C=CC2=O)cc1)C(C)C. The molecule has 10 amide bonds. The number of nitrogens with two attached hydrogens (primary N) is 1. The van der Waals surface area contributed by atoms with E-state index in [1.165, 1.54) is 36.1 Å². The number of likely N-dealkylation sites (tertiary alicyclic amines) is 1. The van der Waals surface area contributed by atoms with Crippen molar-refractivity contribution >= 4 is 76.7 Å². The first kappa shape index (κ1) is 84.2. The molecule has 0 aromatic heterocycles. The van der Waals surface area contributed by atoms with Gasteiger partial charge in [0, 0.05) is 117 Å². The number of likely N-dealkylation sites (N-methyl/N-ethyl adjacent to an activating group) is 3. The van der Waals surface area contributed by atoms with Crippen LogP contribution in [0.1, 0.15) is 164 Å². The molecule has 25 heteroatoms. The molecule has 0 bridgehead atoms. The van der Waals surface area contributed by atoms with Gasteiger partial charge in [0.2, 0.25) is 29.5 Å². The fourth-order valence-electron chi connectivity index (χ4n) is 13.1. The van der Waals surface area contributed by atoms with Gasteiger partial charge in [-0.15, -0.1) is 0 Å². The number of rotatable bonds is 40. The standard InChI is InChI=1S/C52H83N7O11.C21H30N2O5/c1-14-35(8)48(36(9)69-13)57(11)50(66)40(32(2)3)30-42(61)47(34(6)7)58(12)52(68)70-31-37-21-23-39(24-22-37)55-49(65)38(19-18-27-54-51(53)67)29-41(60)46(33(4)5)56(10)43(62)20-16-15-17-28-59-44(63)25-26-45(59)64;1-4-18(24)23-12-8-11-17(23)19(28-3)14(2)20(25)22-16(21(26)27)13-15-9-6-5-7-10-15/h21-26,32-36,38,40,46-48H,14-20,27-31H2,1-13H3,(H,55,65)(H3,53,54,67);5-7,9-10,14,16-17,19H,4,8,11-13H2,1-3H3,(H,22,25)(H,26,27)/t35-,36+,38+,40-,46-,47-,48-;14-,16+,17+,19-/m01/s1. The number of anilines is 1. The van der Waals surface area contributed by atoms with Crippen LogP contribution in [0.2, 0.25) is 0 Å². The average molecular weight is 1370 g/mol. The Bertz CT molecular complexity index is 2970. The molecule has 2 aliphatic rings. The maximum atomic E-state index is 14.0. The van der Waals surface area contributed by atoms with Crippen LogP contribution < -0.4 is 21.7 Å². The average Bonchev–Trinajstić information content (AvgIpc) is 1.45. The number of carbonyl (C=O) groups is 12. The summed E-state index contributed by atoms with van der Waals surface area (Å²) in [6, 6.07) is 12.1. The van der Waals surface area contributed by atoms with E-state index in [1.54, 1.807) is 62.2 Å². The summed E-state index contributed by atoms with van der Waals surface area (Å²) in [6.07, 6.45) is 6.32. The van der Waals surface area contributed by atoms with E-state index in [-0.39, 0.29) is 141 Å². The molecule has 2 aromatic carbocycles. The van der Waals surface area contributed by atoms with Crippen molar-refractivity contribution in [2.45, 2.75) is 209 Å². The largest absolute Gasteiger partial charge is 0.480 e. The van der Waals surface area contributed by atoms with Crippen LogP contribution in [0, 0.1) is 41.4 Å². The number of aliphatic carboxylic acids is 1. The first-order valence-electron chi connectivity index (χ1n) is 34.6. The maximum Gasteiger partial charge on any atom is 0.410 e. The lowest BCUT2D eigenvalue weighted by molar-refractivity contribution is -0.145. The number of methoxy groups -OCH3 is 2. The van der Waals surface area contributed by atoms with E-state index in [4.69, 9.17) is 19.9 Å². The monoisotopic (exact) mass is 1370 g/mol. The highest BCUT2D eigenvalue weighted by atomic mass is 16.6. The van der Waals surface area contributed by atoms with Crippen molar-refractivity contribution in [3.8, 4) is 0 Å². The number of ether oxygens (including phenoxy) is 3. The third-order valence-electron chi connectivity index (χ3n) is 18.8. The number of primary amides is 1. The number of carboxylic acid groups (broad SMARTS) is 1. The van der Waals surface area contributed by atoms with Crippen LogP contribution in [0.4, 0.5) is 15.3 Å². The second-order valence-corrected chi connectivity index (χ2v) is 27.0. The number of nitrogens with one attached hydrogen (secondary N) is 3. The summed E-state index contributed by atoms with van der Waals surface area (Å²) < 4.78 is 16.9. The van der Waals surface area contributed by atoms with Gasteiger partial charge in [0.25, 0.3) is 11.8 Å². The summed E-state index contributed by atoms with van der Waals surface area (Å²) in [5.41, 5.74) is 7.10. The Kier molecular flexibility index (Phi) is 36.1. The van der Waals surface area contributed by atoms with Gasteiger partial charge in [-0.05, 0) is 92.4 Å². The molecule has 98 heavy (non-hydrogen) atoms. The fraction of sp³-hybridized carbons (Fsp3) is 0.644. The Morgan fingerprint density at radius 3 is 1.85 bits per heavy atom. The normalized spacial score (nSPS) is 16.7. The van der Waals surface area contributed by atoms with E-state index in [0.29, 0.717) is 49.9 Å². The number of carbonyl (C=O) groups excluding carboxylic acids is 11. The van der Waals surface area contributed by atoms with E-state index in [9.17, 15) is 62.6 Å². The first-order valence-corrected chi connectivity index (χ1v) is 34.6. The number of Topliss-reactive ketones (excluding diaryl/α,β-unsaturated/α-hetero) is 2. The number of hydrogen-bond donors (Lipinski definition) is 5. The molecule has 11 atom stereocenters. The zero-order valence-electron chi connectivity index (χ0n) is 60.8. The van der Waals surface area contributed by atoms with Crippen LogP contribution in [0.5, 0.6) is 0 Å². The second-order valence-electron chi connectivity index (χ2n) is 27.0. The molecular weight excluding hydrogens is 1260 g/mol. The van der Waals surface area contributed by atoms with Crippen molar-refractivity contribution in [1.82, 2.24) is 35.1 Å². The van der Waals surface area contributed by atoms with Gasteiger partial charge in [-0.1, -0.05) is 125 Å². The molecule has 1 fully saturated rings. The predicted octanol–water partition coefficient (Wildman–Crippen LogP) is 8.20. The minimum atomic E-state index is -1.08. The number of unbranched alkanes of at least 4 members (excludes halogenated alkanes) is 2. The third-order valence-corrected chi connectivity index (χ3v) is 18.8. The summed E-state index contributed by atoms with van der Waals surface area (Å²) >= 11 is 0. The van der Waals surface area contributed by atoms with Crippen molar-refractivity contribution in [2.75, 3.05) is 60.3 Å². The topological polar surface area (TPSA) is 331 Å². The second kappa shape index (κ2) is 42.0. The van der Waals surface area contributed by atoms with Crippen LogP contribution in [0.25, 0.3) is 0 Å². The molecular formula is C73H113N9O16. The van der Waals surface area contributed by atoms with Crippen LogP contribution >= 0.6 is 0 Å². The smallest absolute Gasteiger partial charge is 0.410 e. The van der Waals surface area contributed by atoms with E-state index in [0.717, 1.165) is 29.7 Å². The molecule has 2 heterocycles. The molecule has 25 nitrogen and oxygen atoms in total. The van der Waals surface area contributed by atoms with E-state index < -0.39 is 66.0 Å². The highest BCUT2D eigenvalue weighted by molar-refractivity contribution is 6.12. The number of carboxylic acids is 1. The van der Waals surface area contributed by atoms with Gasteiger partial charge < -0.3 is 60.6 Å². The van der Waals surface area contributed by atoms with Crippen LogP contribution in [-0.4, -0.2) is 198 Å². The number of amides is 10. The van der Waals surface area contributed by atoms with Crippen molar-refractivity contribution in [3.63, 3.8) is 0 Å². The Morgan fingerprint density at radius 1 is 0.704 bits per heavy atom. The summed E-state index contributed by atoms with van der Waals surface area (Å²) in [5, 5.41) is 17.5. The Balaban J connectivity index is 0.000000737.